The van der Waals surface area contributed by atoms with E-state index in [0.29, 0.717) is 17.4 Å². The minimum atomic E-state index is 0.575. The molecule has 1 aliphatic rings. The summed E-state index contributed by atoms with van der Waals surface area (Å²) >= 11 is 0. The van der Waals surface area contributed by atoms with Crippen molar-refractivity contribution in [3.63, 3.8) is 0 Å². The van der Waals surface area contributed by atoms with Gasteiger partial charge in [0.2, 0.25) is 0 Å². The lowest BCUT2D eigenvalue weighted by molar-refractivity contribution is 0.170. The van der Waals surface area contributed by atoms with Crippen LogP contribution in [0.5, 0.6) is 5.75 Å². The van der Waals surface area contributed by atoms with Gasteiger partial charge in [-0.3, -0.25) is 4.90 Å². The first-order chi connectivity index (χ1) is 10.2. The number of benzene rings is 1. The molecule has 0 aliphatic carbocycles. The van der Waals surface area contributed by atoms with Crippen molar-refractivity contribution in [2.45, 2.75) is 38.8 Å². The molecule has 1 heterocycles. The lowest BCUT2D eigenvalue weighted by Crippen LogP contribution is -2.42. The van der Waals surface area contributed by atoms with Gasteiger partial charge in [-0.2, -0.15) is 5.26 Å². The Labute approximate surface area is 127 Å². The smallest absolute Gasteiger partial charge is 0.136 e. The normalized spacial score (nSPS) is 17.2. The summed E-state index contributed by atoms with van der Waals surface area (Å²) in [6, 6.07) is 8.46. The third-order valence-electron chi connectivity index (χ3n) is 4.17. The summed E-state index contributed by atoms with van der Waals surface area (Å²) in [7, 11) is 1.60. The molecule has 1 aromatic carbocycles. The van der Waals surface area contributed by atoms with Crippen LogP contribution in [0.2, 0.25) is 0 Å². The van der Waals surface area contributed by atoms with Crippen LogP contribution in [0.1, 0.15) is 37.3 Å². The standard InChI is InChI=1S/C17H25N3O/c1-14(20-8-4-3-5-9-20)12-19-13-15-6-7-16(11-18)17(10-15)21-2/h6-7,10,14,19H,3-5,8-9,12-13H2,1-2H3. The molecule has 0 saturated carbocycles. The molecule has 21 heavy (non-hydrogen) atoms. The van der Waals surface area contributed by atoms with Crippen molar-refractivity contribution in [3.05, 3.63) is 29.3 Å². The summed E-state index contributed by atoms with van der Waals surface area (Å²) in [6.07, 6.45) is 4.04. The Morgan fingerprint density at radius 1 is 1.33 bits per heavy atom. The van der Waals surface area contributed by atoms with Crippen LogP contribution < -0.4 is 10.1 Å². The van der Waals surface area contributed by atoms with Crippen molar-refractivity contribution in [2.75, 3.05) is 26.7 Å². The van der Waals surface area contributed by atoms with Gasteiger partial charge in [0.1, 0.15) is 11.8 Å². The van der Waals surface area contributed by atoms with Gasteiger partial charge in [-0.1, -0.05) is 12.5 Å². The Bertz CT molecular complexity index is 489. The minimum Gasteiger partial charge on any atom is -0.495 e. The number of rotatable bonds is 6. The number of nitrogens with one attached hydrogen (secondary N) is 1. The number of likely N-dealkylation sites (tertiary alicyclic amines) is 1. The molecule has 1 aromatic rings. The summed E-state index contributed by atoms with van der Waals surface area (Å²) in [6.45, 7) is 6.54. The molecule has 1 fully saturated rings. The van der Waals surface area contributed by atoms with Crippen LogP contribution in [0.3, 0.4) is 0 Å². The molecule has 0 spiro atoms. The van der Waals surface area contributed by atoms with E-state index in [-0.39, 0.29) is 0 Å². The molecule has 4 heteroatoms. The van der Waals surface area contributed by atoms with Crippen LogP contribution in [0.15, 0.2) is 18.2 Å². The van der Waals surface area contributed by atoms with E-state index in [1.807, 2.05) is 18.2 Å². The van der Waals surface area contributed by atoms with Crippen LogP contribution >= 0.6 is 0 Å². The van der Waals surface area contributed by atoms with Crippen molar-refractivity contribution >= 4 is 0 Å². The predicted octanol–water partition coefficient (Wildman–Crippen LogP) is 2.53. The molecule has 4 nitrogen and oxygen atoms in total. The van der Waals surface area contributed by atoms with Crippen LogP contribution in [0.25, 0.3) is 0 Å². The molecule has 1 saturated heterocycles. The van der Waals surface area contributed by atoms with E-state index in [1.165, 1.54) is 32.4 Å². The average molecular weight is 287 g/mol. The highest BCUT2D eigenvalue weighted by Crippen LogP contribution is 2.19. The highest BCUT2D eigenvalue weighted by Gasteiger charge is 2.15. The zero-order chi connectivity index (χ0) is 15.1. The van der Waals surface area contributed by atoms with Crippen molar-refractivity contribution in [1.82, 2.24) is 10.2 Å². The second kappa shape index (κ2) is 8.02. The number of hydrogen-bond donors (Lipinski definition) is 1. The topological polar surface area (TPSA) is 48.3 Å². The summed E-state index contributed by atoms with van der Waals surface area (Å²) in [5, 5.41) is 12.5. The monoisotopic (exact) mass is 287 g/mol. The molecule has 1 atom stereocenters. The van der Waals surface area contributed by atoms with E-state index in [4.69, 9.17) is 10.00 Å². The number of hydrogen-bond acceptors (Lipinski definition) is 4. The van der Waals surface area contributed by atoms with Crippen molar-refractivity contribution in [2.24, 2.45) is 0 Å². The number of nitrogens with zero attached hydrogens (tertiary/aromatic N) is 2. The minimum absolute atomic E-state index is 0.575. The van der Waals surface area contributed by atoms with Crippen LogP contribution in [-0.4, -0.2) is 37.7 Å². The maximum atomic E-state index is 8.98. The molecule has 1 unspecified atom stereocenters. The van der Waals surface area contributed by atoms with E-state index in [2.05, 4.69) is 23.2 Å². The van der Waals surface area contributed by atoms with Crippen LogP contribution in [0.4, 0.5) is 0 Å². The Kier molecular flexibility index (Phi) is 6.04. The summed E-state index contributed by atoms with van der Waals surface area (Å²) in [4.78, 5) is 2.57. The molecule has 0 bridgehead atoms. The third kappa shape index (κ3) is 4.45. The molecular formula is C17H25N3O. The van der Waals surface area contributed by atoms with E-state index in [0.717, 1.165) is 18.7 Å². The second-order valence-corrected chi connectivity index (χ2v) is 5.72. The first kappa shape index (κ1) is 15.8. The fourth-order valence-corrected chi connectivity index (χ4v) is 2.85. The third-order valence-corrected chi connectivity index (χ3v) is 4.17. The number of methoxy groups -OCH3 is 1. The van der Waals surface area contributed by atoms with Gasteiger partial charge < -0.3 is 10.1 Å². The number of ether oxygens (including phenoxy) is 1. The molecule has 0 radical (unpaired) electrons. The SMILES string of the molecule is COc1cc(CNCC(C)N2CCCCC2)ccc1C#N. The zero-order valence-electron chi connectivity index (χ0n) is 13.1. The lowest BCUT2D eigenvalue weighted by atomic mass is 10.1. The van der Waals surface area contributed by atoms with E-state index in [1.54, 1.807) is 7.11 Å². The van der Waals surface area contributed by atoms with Gasteiger partial charge >= 0.3 is 0 Å². The maximum Gasteiger partial charge on any atom is 0.136 e. The summed E-state index contributed by atoms with van der Waals surface area (Å²) < 4.78 is 5.24. The highest BCUT2D eigenvalue weighted by molar-refractivity contribution is 5.45. The Morgan fingerprint density at radius 3 is 2.76 bits per heavy atom. The van der Waals surface area contributed by atoms with Gasteiger partial charge in [0, 0.05) is 19.1 Å². The maximum absolute atomic E-state index is 8.98. The summed E-state index contributed by atoms with van der Waals surface area (Å²) in [5.74, 6) is 0.654. The van der Waals surface area contributed by atoms with E-state index in [9.17, 15) is 0 Å². The lowest BCUT2D eigenvalue weighted by Gasteiger charge is -2.32. The molecular weight excluding hydrogens is 262 g/mol. The Balaban J connectivity index is 1.81. The van der Waals surface area contributed by atoms with Crippen molar-refractivity contribution in [3.8, 4) is 11.8 Å². The largest absolute Gasteiger partial charge is 0.495 e. The fraction of sp³-hybridized carbons (Fsp3) is 0.588. The zero-order valence-corrected chi connectivity index (χ0v) is 13.1. The average Bonchev–Trinajstić information content (AvgIpc) is 2.55. The molecule has 0 aromatic heterocycles. The first-order valence-electron chi connectivity index (χ1n) is 7.76. The van der Waals surface area contributed by atoms with Gasteiger partial charge in [0.15, 0.2) is 0 Å². The predicted molar refractivity (Wildman–Crippen MR) is 84.3 cm³/mol. The Morgan fingerprint density at radius 2 is 2.10 bits per heavy atom. The second-order valence-electron chi connectivity index (χ2n) is 5.72. The molecule has 0 amide bonds. The van der Waals surface area contributed by atoms with E-state index < -0.39 is 0 Å². The molecule has 114 valence electrons. The van der Waals surface area contributed by atoms with Crippen molar-refractivity contribution in [1.29, 1.82) is 5.26 Å². The highest BCUT2D eigenvalue weighted by atomic mass is 16.5. The van der Waals surface area contributed by atoms with Gasteiger partial charge in [-0.05, 0) is 50.6 Å². The number of piperidine rings is 1. The van der Waals surface area contributed by atoms with Crippen LogP contribution in [0, 0.1) is 11.3 Å². The Hall–Kier alpha value is -1.57. The van der Waals surface area contributed by atoms with Crippen molar-refractivity contribution < 1.29 is 4.74 Å². The summed E-state index contributed by atoms with van der Waals surface area (Å²) in [5.41, 5.74) is 1.74. The van der Waals surface area contributed by atoms with Gasteiger partial charge in [0.05, 0.1) is 12.7 Å². The first-order valence-corrected chi connectivity index (χ1v) is 7.76. The quantitative estimate of drug-likeness (QED) is 0.873. The van der Waals surface area contributed by atoms with Gasteiger partial charge in [-0.15, -0.1) is 0 Å². The van der Waals surface area contributed by atoms with Gasteiger partial charge in [-0.25, -0.2) is 0 Å². The van der Waals surface area contributed by atoms with Gasteiger partial charge in [0.25, 0.3) is 0 Å². The van der Waals surface area contributed by atoms with E-state index >= 15 is 0 Å². The van der Waals surface area contributed by atoms with Crippen LogP contribution in [-0.2, 0) is 6.54 Å². The molecule has 1 aliphatic heterocycles. The molecule has 2 rings (SSSR count). The molecule has 1 N–H and O–H groups in total. The number of nitriles is 1. The fourth-order valence-electron chi connectivity index (χ4n) is 2.85.